The Labute approximate surface area is 132 Å². The third-order valence-corrected chi connectivity index (χ3v) is 5.33. The van der Waals surface area contributed by atoms with Crippen LogP contribution in [0.15, 0.2) is 22.7 Å². The number of rotatable bonds is 4. The summed E-state index contributed by atoms with van der Waals surface area (Å²) in [5.41, 5.74) is 2.75. The average molecular weight is 339 g/mol. The first-order valence-corrected chi connectivity index (χ1v) is 8.53. The average Bonchev–Trinajstić information content (AvgIpc) is 2.46. The molecule has 3 unspecified atom stereocenters. The van der Waals surface area contributed by atoms with E-state index in [1.807, 2.05) is 7.05 Å². The number of benzene rings is 1. The minimum atomic E-state index is 0.374. The minimum Gasteiger partial charge on any atom is -0.371 e. The molecule has 0 aromatic heterocycles. The lowest BCUT2D eigenvalue weighted by molar-refractivity contribution is 0.321. The molecule has 2 rings (SSSR count). The molecule has 2 nitrogen and oxygen atoms in total. The van der Waals surface area contributed by atoms with Gasteiger partial charge in [-0.2, -0.15) is 0 Å². The van der Waals surface area contributed by atoms with Crippen molar-refractivity contribution in [3.63, 3.8) is 0 Å². The Hall–Kier alpha value is -0.540. The van der Waals surface area contributed by atoms with Crippen LogP contribution in [-0.4, -0.2) is 20.1 Å². The highest BCUT2D eigenvalue weighted by atomic mass is 79.9. The van der Waals surface area contributed by atoms with Crippen molar-refractivity contribution >= 4 is 21.6 Å². The Kier molecular flexibility index (Phi) is 5.50. The lowest BCUT2D eigenvalue weighted by atomic mass is 9.84. The van der Waals surface area contributed by atoms with Crippen LogP contribution in [0, 0.1) is 5.92 Å². The van der Waals surface area contributed by atoms with Crippen molar-refractivity contribution in [3.8, 4) is 0 Å². The Morgan fingerprint density at radius 1 is 1.30 bits per heavy atom. The predicted molar refractivity (Wildman–Crippen MR) is 91.4 cm³/mol. The Balaban J connectivity index is 2.32. The van der Waals surface area contributed by atoms with Crippen LogP contribution in [0.4, 0.5) is 5.69 Å². The lowest BCUT2D eigenvalue weighted by Crippen LogP contribution is -2.39. The first kappa shape index (κ1) is 15.8. The van der Waals surface area contributed by atoms with Gasteiger partial charge in [0.25, 0.3) is 0 Å². The van der Waals surface area contributed by atoms with Crippen LogP contribution in [0.5, 0.6) is 0 Å². The standard InChI is InChI=1S/C17H27BrN2/c1-12-7-5-6-8-16(12)20(4)17-11-14(18)9-10-15(17)13(2)19-3/h9-13,16,19H,5-8H2,1-4H3. The second-order valence-corrected chi connectivity index (χ2v) is 7.07. The zero-order valence-corrected chi connectivity index (χ0v) is 14.7. The smallest absolute Gasteiger partial charge is 0.0425 e. The predicted octanol–water partition coefficient (Wildman–Crippen LogP) is 4.74. The van der Waals surface area contributed by atoms with E-state index in [-0.39, 0.29) is 0 Å². The fourth-order valence-corrected chi connectivity index (χ4v) is 3.74. The van der Waals surface area contributed by atoms with Crippen molar-refractivity contribution in [1.82, 2.24) is 5.32 Å². The number of hydrogen-bond acceptors (Lipinski definition) is 2. The minimum absolute atomic E-state index is 0.374. The van der Waals surface area contributed by atoms with E-state index in [4.69, 9.17) is 0 Å². The van der Waals surface area contributed by atoms with Crippen LogP contribution >= 0.6 is 15.9 Å². The number of halogens is 1. The van der Waals surface area contributed by atoms with Gasteiger partial charge in [0.15, 0.2) is 0 Å². The summed E-state index contributed by atoms with van der Waals surface area (Å²) in [7, 11) is 4.29. The van der Waals surface area contributed by atoms with Crippen molar-refractivity contribution in [2.75, 3.05) is 19.0 Å². The zero-order chi connectivity index (χ0) is 14.7. The molecule has 1 aliphatic rings. The van der Waals surface area contributed by atoms with E-state index in [0.29, 0.717) is 12.1 Å². The van der Waals surface area contributed by atoms with E-state index in [9.17, 15) is 0 Å². The Morgan fingerprint density at radius 3 is 2.65 bits per heavy atom. The van der Waals surface area contributed by atoms with Gasteiger partial charge in [0, 0.05) is 29.3 Å². The van der Waals surface area contributed by atoms with Gasteiger partial charge < -0.3 is 10.2 Å². The summed E-state index contributed by atoms with van der Waals surface area (Å²) in [4.78, 5) is 2.51. The molecular weight excluding hydrogens is 312 g/mol. The SMILES string of the molecule is CNC(C)c1ccc(Br)cc1N(C)C1CCCCC1C. The monoisotopic (exact) mass is 338 g/mol. The van der Waals surface area contributed by atoms with E-state index in [1.165, 1.54) is 36.9 Å². The number of anilines is 1. The van der Waals surface area contributed by atoms with Gasteiger partial charge in [-0.15, -0.1) is 0 Å². The molecule has 1 fully saturated rings. The molecular formula is C17H27BrN2. The molecule has 0 aliphatic heterocycles. The molecule has 0 amide bonds. The molecule has 0 spiro atoms. The van der Waals surface area contributed by atoms with E-state index in [0.717, 1.165) is 10.4 Å². The quantitative estimate of drug-likeness (QED) is 0.852. The van der Waals surface area contributed by atoms with E-state index >= 15 is 0 Å². The highest BCUT2D eigenvalue weighted by molar-refractivity contribution is 9.10. The summed E-state index contributed by atoms with van der Waals surface area (Å²) in [6.07, 6.45) is 5.44. The van der Waals surface area contributed by atoms with Crippen LogP contribution in [0.1, 0.15) is 51.1 Å². The molecule has 1 N–H and O–H groups in total. The fraction of sp³-hybridized carbons (Fsp3) is 0.647. The van der Waals surface area contributed by atoms with Gasteiger partial charge >= 0.3 is 0 Å². The van der Waals surface area contributed by atoms with Crippen LogP contribution in [0.25, 0.3) is 0 Å². The van der Waals surface area contributed by atoms with Crippen LogP contribution in [0.3, 0.4) is 0 Å². The molecule has 0 bridgehead atoms. The molecule has 1 aliphatic carbocycles. The molecule has 112 valence electrons. The number of nitrogens with zero attached hydrogens (tertiary/aromatic N) is 1. The van der Waals surface area contributed by atoms with Gasteiger partial charge in [-0.05, 0) is 50.4 Å². The molecule has 20 heavy (non-hydrogen) atoms. The van der Waals surface area contributed by atoms with Crippen LogP contribution in [0.2, 0.25) is 0 Å². The van der Waals surface area contributed by atoms with Crippen LogP contribution in [-0.2, 0) is 0 Å². The molecule has 0 saturated heterocycles. The highest BCUT2D eigenvalue weighted by Crippen LogP contribution is 2.35. The second-order valence-electron chi connectivity index (χ2n) is 6.15. The maximum absolute atomic E-state index is 3.63. The van der Waals surface area contributed by atoms with Gasteiger partial charge in [0.1, 0.15) is 0 Å². The summed E-state index contributed by atoms with van der Waals surface area (Å²) >= 11 is 3.63. The maximum Gasteiger partial charge on any atom is 0.0425 e. The second kappa shape index (κ2) is 6.95. The zero-order valence-electron chi connectivity index (χ0n) is 13.1. The molecule has 3 atom stereocenters. The van der Waals surface area contributed by atoms with Gasteiger partial charge in [-0.3, -0.25) is 0 Å². The molecule has 0 heterocycles. The van der Waals surface area contributed by atoms with Crippen molar-refractivity contribution in [3.05, 3.63) is 28.2 Å². The Bertz CT molecular complexity index is 447. The Morgan fingerprint density at radius 2 is 2.00 bits per heavy atom. The number of nitrogens with one attached hydrogen (secondary N) is 1. The van der Waals surface area contributed by atoms with Gasteiger partial charge in [-0.25, -0.2) is 0 Å². The van der Waals surface area contributed by atoms with Crippen molar-refractivity contribution < 1.29 is 0 Å². The van der Waals surface area contributed by atoms with Gasteiger partial charge in [0.2, 0.25) is 0 Å². The highest BCUT2D eigenvalue weighted by Gasteiger charge is 2.27. The van der Waals surface area contributed by atoms with E-state index in [2.05, 4.69) is 65.2 Å². The normalized spacial score (nSPS) is 24.4. The summed E-state index contributed by atoms with van der Waals surface area (Å²) in [6.45, 7) is 4.63. The topological polar surface area (TPSA) is 15.3 Å². The fourth-order valence-electron chi connectivity index (χ4n) is 3.39. The summed E-state index contributed by atoms with van der Waals surface area (Å²) in [5, 5.41) is 3.37. The summed E-state index contributed by atoms with van der Waals surface area (Å²) in [6, 6.07) is 7.69. The first-order valence-electron chi connectivity index (χ1n) is 7.74. The van der Waals surface area contributed by atoms with Crippen molar-refractivity contribution in [2.45, 2.75) is 51.6 Å². The van der Waals surface area contributed by atoms with Crippen molar-refractivity contribution in [2.24, 2.45) is 5.92 Å². The maximum atomic E-state index is 3.63. The first-order chi connectivity index (χ1) is 9.54. The summed E-state index contributed by atoms with van der Waals surface area (Å²) < 4.78 is 1.16. The molecule has 1 aromatic carbocycles. The van der Waals surface area contributed by atoms with E-state index < -0.39 is 0 Å². The molecule has 1 saturated carbocycles. The van der Waals surface area contributed by atoms with Gasteiger partial charge in [-0.1, -0.05) is 41.8 Å². The van der Waals surface area contributed by atoms with Crippen molar-refractivity contribution in [1.29, 1.82) is 0 Å². The number of hydrogen-bond donors (Lipinski definition) is 1. The molecule has 0 radical (unpaired) electrons. The molecule has 1 aromatic rings. The van der Waals surface area contributed by atoms with Crippen LogP contribution < -0.4 is 10.2 Å². The molecule has 3 heteroatoms. The van der Waals surface area contributed by atoms with E-state index in [1.54, 1.807) is 0 Å². The third kappa shape index (κ3) is 3.37. The largest absolute Gasteiger partial charge is 0.371 e. The lowest BCUT2D eigenvalue weighted by Gasteiger charge is -2.39. The van der Waals surface area contributed by atoms with Gasteiger partial charge in [0.05, 0.1) is 0 Å². The third-order valence-electron chi connectivity index (χ3n) is 4.84. The summed E-state index contributed by atoms with van der Waals surface area (Å²) in [5.74, 6) is 0.783.